The third kappa shape index (κ3) is 4.56. The van der Waals surface area contributed by atoms with E-state index in [-0.39, 0.29) is 0 Å². The molecule has 1 aliphatic rings. The normalized spacial score (nSPS) is 16.5. The van der Waals surface area contributed by atoms with E-state index in [9.17, 15) is 4.55 Å². The summed E-state index contributed by atoms with van der Waals surface area (Å²) in [4.78, 5) is 4.35. The van der Waals surface area contributed by atoms with E-state index in [1.54, 1.807) is 6.26 Å². The second-order valence-electron chi connectivity index (χ2n) is 7.95. The van der Waals surface area contributed by atoms with Crippen molar-refractivity contribution in [2.24, 2.45) is 0 Å². The van der Waals surface area contributed by atoms with Crippen LogP contribution in [-0.2, 0) is 11.4 Å². The van der Waals surface area contributed by atoms with Crippen LogP contribution >= 0.6 is 0 Å². The smallest absolute Gasteiger partial charge is 0.115 e. The van der Waals surface area contributed by atoms with Crippen molar-refractivity contribution in [2.45, 2.75) is 32.7 Å². The maximum absolute atomic E-state index is 11.7. The van der Waals surface area contributed by atoms with Crippen LogP contribution < -0.4 is 10.6 Å². The molecule has 6 heteroatoms. The van der Waals surface area contributed by atoms with Gasteiger partial charge in [-0.25, -0.2) is 0 Å². The molecule has 0 spiro atoms. The van der Waals surface area contributed by atoms with Gasteiger partial charge < -0.3 is 15.2 Å². The quantitative estimate of drug-likeness (QED) is 0.558. The molecule has 1 fully saturated rings. The summed E-state index contributed by atoms with van der Waals surface area (Å²) in [5, 5.41) is 9.50. The molecule has 5 nitrogen and oxygen atoms in total. The summed E-state index contributed by atoms with van der Waals surface area (Å²) in [6.07, 6.45) is 7.53. The Balaban J connectivity index is 1.64. The van der Waals surface area contributed by atoms with E-state index >= 15 is 0 Å². The van der Waals surface area contributed by atoms with Crippen molar-refractivity contribution >= 4 is 33.5 Å². The molecular formula is C24H30N4OS. The zero-order chi connectivity index (χ0) is 21.1. The van der Waals surface area contributed by atoms with Crippen LogP contribution in [0.2, 0.25) is 0 Å². The molecule has 2 N–H and O–H groups in total. The maximum Gasteiger partial charge on any atom is 0.115 e. The topological polar surface area (TPSA) is 63.2 Å². The van der Waals surface area contributed by atoms with Gasteiger partial charge in [-0.1, -0.05) is 6.07 Å². The van der Waals surface area contributed by atoms with Gasteiger partial charge in [-0.3, -0.25) is 4.98 Å². The highest BCUT2D eigenvalue weighted by atomic mass is 32.2. The summed E-state index contributed by atoms with van der Waals surface area (Å²) < 4.78 is 13.8. The zero-order valence-electron chi connectivity index (χ0n) is 17.9. The van der Waals surface area contributed by atoms with Crippen molar-refractivity contribution in [3.8, 4) is 11.1 Å². The Morgan fingerprint density at radius 1 is 1.10 bits per heavy atom. The molecule has 2 aromatic carbocycles. The van der Waals surface area contributed by atoms with E-state index in [0.29, 0.717) is 6.04 Å². The van der Waals surface area contributed by atoms with E-state index in [4.69, 9.17) is 0 Å². The zero-order valence-corrected chi connectivity index (χ0v) is 18.8. The molecule has 1 aromatic heterocycles. The number of hydrogen-bond donors (Lipinski definition) is 2. The molecular weight excluding hydrogens is 392 g/mol. The summed E-state index contributed by atoms with van der Waals surface area (Å²) in [6.45, 7) is 6.91. The molecule has 1 atom stereocenters. The molecule has 0 saturated carbocycles. The Hall–Kier alpha value is -2.28. The van der Waals surface area contributed by atoms with Crippen molar-refractivity contribution in [1.82, 2.24) is 9.29 Å². The number of aromatic nitrogens is 1. The highest BCUT2D eigenvalue weighted by Crippen LogP contribution is 2.33. The Morgan fingerprint density at radius 2 is 1.90 bits per heavy atom. The molecule has 1 unspecified atom stereocenters. The van der Waals surface area contributed by atoms with Crippen molar-refractivity contribution in [3.63, 3.8) is 0 Å². The molecule has 0 amide bonds. The summed E-state index contributed by atoms with van der Waals surface area (Å²) in [5.74, 6) is 0. The van der Waals surface area contributed by atoms with E-state index in [1.807, 2.05) is 16.7 Å². The number of piperidine rings is 1. The third-order valence-corrected chi connectivity index (χ3v) is 6.95. The van der Waals surface area contributed by atoms with E-state index < -0.39 is 11.4 Å². The number of fused-ring (bicyclic) bond motifs is 1. The minimum Gasteiger partial charge on any atom is -0.598 e. The molecule has 158 valence electrons. The van der Waals surface area contributed by atoms with Gasteiger partial charge in [0, 0.05) is 66.2 Å². The first-order chi connectivity index (χ1) is 14.5. The largest absolute Gasteiger partial charge is 0.598 e. The van der Waals surface area contributed by atoms with Crippen LogP contribution in [0, 0.1) is 6.92 Å². The lowest BCUT2D eigenvalue weighted by atomic mass is 9.97. The maximum atomic E-state index is 11.7. The van der Waals surface area contributed by atoms with Gasteiger partial charge in [-0.2, -0.15) is 0 Å². The molecule has 30 heavy (non-hydrogen) atoms. The monoisotopic (exact) mass is 422 g/mol. The first kappa shape index (κ1) is 21.0. The van der Waals surface area contributed by atoms with Crippen LogP contribution in [0.15, 0.2) is 48.8 Å². The lowest BCUT2D eigenvalue weighted by Gasteiger charge is -2.31. The number of nitrogens with one attached hydrogen (secondary N) is 2. The average molecular weight is 423 g/mol. The van der Waals surface area contributed by atoms with Gasteiger partial charge in [0.2, 0.25) is 0 Å². The SMILES string of the molecule is CCNc1ccc(-c2cc(NC3CCN([S+](C)[O-])CC3)c3cnccc3c2)cc1C. The van der Waals surface area contributed by atoms with Crippen LogP contribution in [0.4, 0.5) is 11.4 Å². The Kier molecular flexibility index (Phi) is 6.46. The summed E-state index contributed by atoms with van der Waals surface area (Å²) >= 11 is -0.880. The highest BCUT2D eigenvalue weighted by Gasteiger charge is 2.24. The fourth-order valence-corrected chi connectivity index (χ4v) is 4.92. The highest BCUT2D eigenvalue weighted by molar-refractivity contribution is 7.88. The third-order valence-electron chi connectivity index (χ3n) is 5.86. The van der Waals surface area contributed by atoms with Gasteiger partial charge in [0.05, 0.1) is 0 Å². The molecule has 0 radical (unpaired) electrons. The predicted molar refractivity (Wildman–Crippen MR) is 128 cm³/mol. The molecule has 0 bridgehead atoms. The summed E-state index contributed by atoms with van der Waals surface area (Å²) in [5.41, 5.74) is 5.98. The van der Waals surface area contributed by atoms with Gasteiger partial charge in [-0.15, -0.1) is 4.31 Å². The molecule has 1 aliphatic heterocycles. The number of anilines is 2. The van der Waals surface area contributed by atoms with Crippen LogP contribution in [0.1, 0.15) is 25.3 Å². The summed E-state index contributed by atoms with van der Waals surface area (Å²) in [7, 11) is 0. The number of rotatable bonds is 6. The number of nitrogens with zero attached hydrogens (tertiary/aromatic N) is 2. The first-order valence-corrected chi connectivity index (χ1v) is 12.1. The number of pyridine rings is 1. The Bertz CT molecular complexity index is 1020. The van der Waals surface area contributed by atoms with E-state index in [0.717, 1.165) is 43.5 Å². The van der Waals surface area contributed by atoms with Crippen molar-refractivity contribution < 1.29 is 4.55 Å². The van der Waals surface area contributed by atoms with Crippen LogP contribution in [0.5, 0.6) is 0 Å². The molecule has 1 saturated heterocycles. The van der Waals surface area contributed by atoms with Crippen molar-refractivity contribution in [3.05, 3.63) is 54.4 Å². The van der Waals surface area contributed by atoms with Gasteiger partial charge >= 0.3 is 0 Å². The van der Waals surface area contributed by atoms with E-state index in [2.05, 4.69) is 65.9 Å². The number of benzene rings is 2. The predicted octanol–water partition coefficient (Wildman–Crippen LogP) is 4.81. The van der Waals surface area contributed by atoms with Crippen molar-refractivity contribution in [1.29, 1.82) is 0 Å². The Morgan fingerprint density at radius 3 is 2.60 bits per heavy atom. The first-order valence-electron chi connectivity index (χ1n) is 10.6. The van der Waals surface area contributed by atoms with Gasteiger partial charge in [-0.05, 0) is 79.1 Å². The molecule has 3 aromatic rings. The second kappa shape index (κ2) is 9.25. The van der Waals surface area contributed by atoms with Crippen molar-refractivity contribution in [2.75, 3.05) is 36.5 Å². The Labute approximate surface area is 182 Å². The van der Waals surface area contributed by atoms with Crippen LogP contribution in [0.3, 0.4) is 0 Å². The fourth-order valence-electron chi connectivity index (χ4n) is 4.19. The van der Waals surface area contributed by atoms with Crippen LogP contribution in [-0.4, -0.2) is 45.8 Å². The molecule has 0 aliphatic carbocycles. The molecule has 2 heterocycles. The lowest BCUT2D eigenvalue weighted by Crippen LogP contribution is -2.41. The standard InChI is InChI=1S/C24H30N4OS/c1-4-26-23-6-5-18(13-17(23)2)20-14-19-7-10-25-16-22(19)24(15-20)27-21-8-11-28(12-9-21)30(3)29/h5-7,10,13-16,21,26-27H,4,8-9,11-12H2,1-3H3. The second-order valence-corrected chi connectivity index (χ2v) is 9.32. The van der Waals surface area contributed by atoms with Gasteiger partial charge in [0.25, 0.3) is 0 Å². The minimum atomic E-state index is -0.880. The lowest BCUT2D eigenvalue weighted by molar-refractivity contribution is 0.332. The summed E-state index contributed by atoms with van der Waals surface area (Å²) in [6, 6.07) is 13.5. The van der Waals surface area contributed by atoms with Gasteiger partial charge in [0.15, 0.2) is 0 Å². The van der Waals surface area contributed by atoms with Crippen LogP contribution in [0.25, 0.3) is 21.9 Å². The number of hydrogen-bond acceptors (Lipinski definition) is 5. The van der Waals surface area contributed by atoms with Gasteiger partial charge in [0.1, 0.15) is 6.26 Å². The number of aryl methyl sites for hydroxylation is 1. The minimum absolute atomic E-state index is 0.376. The van der Waals surface area contributed by atoms with E-state index in [1.165, 1.54) is 27.8 Å². The fraction of sp³-hybridized carbons (Fsp3) is 0.375. The average Bonchev–Trinajstić information content (AvgIpc) is 2.75. The molecule has 4 rings (SSSR count).